The molecule has 0 spiro atoms. The number of hydrogen-bond donors (Lipinski definition) is 2. The van der Waals surface area contributed by atoms with Gasteiger partial charge in [0.1, 0.15) is 0 Å². The van der Waals surface area contributed by atoms with Gasteiger partial charge in [0.15, 0.2) is 5.58 Å². The summed E-state index contributed by atoms with van der Waals surface area (Å²) < 4.78 is 5.32. The summed E-state index contributed by atoms with van der Waals surface area (Å²) in [6, 6.07) is 4.93. The molecule has 1 aromatic carbocycles. The Morgan fingerprint density at radius 1 is 1.43 bits per heavy atom. The lowest BCUT2D eigenvalue weighted by Gasteiger charge is -2.32. The van der Waals surface area contributed by atoms with Crippen molar-refractivity contribution < 1.29 is 14.0 Å². The highest BCUT2D eigenvalue weighted by Crippen LogP contribution is 2.22. The van der Waals surface area contributed by atoms with Crippen LogP contribution in [0.25, 0.3) is 11.1 Å². The molecule has 1 fully saturated rings. The van der Waals surface area contributed by atoms with Crippen molar-refractivity contribution in [3.05, 3.63) is 28.6 Å². The minimum atomic E-state index is -0.237. The molecule has 0 radical (unpaired) electrons. The monoisotopic (exact) mass is 333 g/mol. The largest absolute Gasteiger partial charge is 0.429 e. The third-order valence-corrected chi connectivity index (χ3v) is 4.14. The van der Waals surface area contributed by atoms with Crippen LogP contribution in [0.3, 0.4) is 0 Å². The second-order valence-corrected chi connectivity index (χ2v) is 7.15. The van der Waals surface area contributed by atoms with Crippen molar-refractivity contribution in [3.8, 4) is 0 Å². The maximum atomic E-state index is 12.4. The zero-order chi connectivity index (χ0) is 16.8. The minimum Gasteiger partial charge on any atom is -0.429 e. The predicted molar refractivity (Wildman–Crippen MR) is 88.7 cm³/mol. The fourth-order valence-electron chi connectivity index (χ4n) is 2.81. The van der Waals surface area contributed by atoms with Gasteiger partial charge in [0.05, 0.1) is 11.6 Å². The van der Waals surface area contributed by atoms with E-state index in [-0.39, 0.29) is 28.2 Å². The molecule has 0 aliphatic carbocycles. The SMILES string of the molecule is CC(C)(C)N1C[C@@H](NC(=O)c2ccc3[nH]c(=S)oc3c2)CC1=O. The standard InChI is InChI=1S/C16H19N3O3S/c1-16(2,3)19-8-10(7-13(19)20)17-14(21)9-4-5-11-12(6-9)22-15(23)18-11/h4-6,10H,7-8H2,1-3H3,(H,17,21)(H,18,23)/t10-/m0/s1. The molecule has 3 rings (SSSR count). The normalized spacial score (nSPS) is 18.7. The average Bonchev–Trinajstić information content (AvgIpc) is 2.98. The Labute approximate surface area is 138 Å². The van der Waals surface area contributed by atoms with E-state index in [4.69, 9.17) is 16.6 Å². The van der Waals surface area contributed by atoms with Gasteiger partial charge in [0, 0.05) is 24.1 Å². The third-order valence-electron chi connectivity index (χ3n) is 3.95. The minimum absolute atomic E-state index is 0.0645. The van der Waals surface area contributed by atoms with Crippen molar-refractivity contribution in [2.24, 2.45) is 0 Å². The van der Waals surface area contributed by atoms with Crippen LogP contribution in [0.4, 0.5) is 0 Å². The molecule has 7 heteroatoms. The highest BCUT2D eigenvalue weighted by molar-refractivity contribution is 7.71. The highest BCUT2D eigenvalue weighted by Gasteiger charge is 2.36. The summed E-state index contributed by atoms with van der Waals surface area (Å²) in [7, 11) is 0. The zero-order valence-electron chi connectivity index (χ0n) is 13.3. The maximum absolute atomic E-state index is 12.4. The van der Waals surface area contributed by atoms with Crippen LogP contribution in [0.2, 0.25) is 0 Å². The maximum Gasteiger partial charge on any atom is 0.266 e. The molecule has 1 saturated heterocycles. The van der Waals surface area contributed by atoms with Crippen LogP contribution >= 0.6 is 12.2 Å². The number of carbonyl (C=O) groups is 2. The van der Waals surface area contributed by atoms with E-state index in [2.05, 4.69) is 10.3 Å². The van der Waals surface area contributed by atoms with Crippen molar-refractivity contribution in [2.45, 2.75) is 38.8 Å². The molecule has 2 heterocycles. The summed E-state index contributed by atoms with van der Waals surface area (Å²) in [6.07, 6.45) is 0.329. The van der Waals surface area contributed by atoms with E-state index < -0.39 is 0 Å². The lowest BCUT2D eigenvalue weighted by Crippen LogP contribution is -2.44. The first kappa shape index (κ1) is 15.7. The lowest BCUT2D eigenvalue weighted by molar-refractivity contribution is -0.131. The number of rotatable bonds is 2. The van der Waals surface area contributed by atoms with Gasteiger partial charge in [-0.3, -0.25) is 9.59 Å². The van der Waals surface area contributed by atoms with Gasteiger partial charge >= 0.3 is 0 Å². The van der Waals surface area contributed by atoms with Crippen molar-refractivity contribution in [1.29, 1.82) is 0 Å². The van der Waals surface area contributed by atoms with E-state index in [0.29, 0.717) is 24.1 Å². The molecule has 1 atom stereocenters. The second kappa shape index (κ2) is 5.49. The van der Waals surface area contributed by atoms with E-state index in [9.17, 15) is 9.59 Å². The fraction of sp³-hybridized carbons (Fsp3) is 0.438. The quantitative estimate of drug-likeness (QED) is 0.828. The van der Waals surface area contributed by atoms with Gasteiger partial charge in [-0.25, -0.2) is 0 Å². The Bertz CT molecular complexity index is 831. The average molecular weight is 333 g/mol. The summed E-state index contributed by atoms with van der Waals surface area (Å²) in [6.45, 7) is 6.50. The third kappa shape index (κ3) is 3.14. The number of carbonyl (C=O) groups excluding carboxylic acids is 2. The molecule has 1 aliphatic rings. The van der Waals surface area contributed by atoms with Crippen LogP contribution in [0.1, 0.15) is 37.6 Å². The lowest BCUT2D eigenvalue weighted by atomic mass is 10.1. The summed E-state index contributed by atoms with van der Waals surface area (Å²) in [5.41, 5.74) is 1.54. The van der Waals surface area contributed by atoms with Crippen LogP contribution in [-0.2, 0) is 4.79 Å². The number of hydrogen-bond acceptors (Lipinski definition) is 4. The van der Waals surface area contributed by atoms with Crippen molar-refractivity contribution >= 4 is 35.1 Å². The van der Waals surface area contributed by atoms with Gasteiger partial charge in [-0.1, -0.05) is 0 Å². The summed E-state index contributed by atoms with van der Waals surface area (Å²) in [4.78, 5) is 29.4. The molecule has 1 aromatic heterocycles. The van der Waals surface area contributed by atoms with Gasteiger partial charge < -0.3 is 19.6 Å². The molecule has 122 valence electrons. The van der Waals surface area contributed by atoms with Crippen molar-refractivity contribution in [3.63, 3.8) is 0 Å². The molecule has 2 aromatic rings. The summed E-state index contributed by atoms with van der Waals surface area (Å²) in [5.74, 6) is -0.155. The van der Waals surface area contributed by atoms with Gasteiger partial charge in [-0.05, 0) is 51.2 Å². The highest BCUT2D eigenvalue weighted by atomic mass is 32.1. The van der Waals surface area contributed by atoms with E-state index in [0.717, 1.165) is 5.52 Å². The Morgan fingerprint density at radius 2 is 2.17 bits per heavy atom. The predicted octanol–water partition coefficient (Wildman–Crippen LogP) is 2.62. The number of aromatic nitrogens is 1. The molecule has 2 amide bonds. The molecular formula is C16H19N3O3S. The first-order valence-electron chi connectivity index (χ1n) is 7.48. The second-order valence-electron chi connectivity index (χ2n) is 6.78. The number of H-pyrrole nitrogens is 1. The van der Waals surface area contributed by atoms with Crippen LogP contribution < -0.4 is 5.32 Å². The van der Waals surface area contributed by atoms with Crippen molar-refractivity contribution in [2.75, 3.05) is 6.54 Å². The number of benzene rings is 1. The number of oxazole rings is 1. The first-order chi connectivity index (χ1) is 10.7. The molecule has 2 N–H and O–H groups in total. The van der Waals surface area contributed by atoms with Gasteiger partial charge in [0.25, 0.3) is 10.7 Å². The molecule has 0 bridgehead atoms. The smallest absolute Gasteiger partial charge is 0.266 e. The van der Waals surface area contributed by atoms with Gasteiger partial charge in [-0.2, -0.15) is 0 Å². The first-order valence-corrected chi connectivity index (χ1v) is 7.89. The molecule has 6 nitrogen and oxygen atoms in total. The number of aromatic amines is 1. The summed E-state index contributed by atoms with van der Waals surface area (Å²) in [5, 5.41) is 2.92. The molecule has 0 saturated carbocycles. The zero-order valence-corrected chi connectivity index (χ0v) is 14.1. The molecule has 1 aliphatic heterocycles. The Hall–Kier alpha value is -2.15. The van der Waals surface area contributed by atoms with E-state index in [1.165, 1.54) is 0 Å². The number of amides is 2. The van der Waals surface area contributed by atoms with Gasteiger partial charge in [0.2, 0.25) is 5.91 Å². The fourth-order valence-corrected chi connectivity index (χ4v) is 3.01. The van der Waals surface area contributed by atoms with Gasteiger partial charge in [-0.15, -0.1) is 0 Å². The Kier molecular flexibility index (Phi) is 3.75. The van der Waals surface area contributed by atoms with E-state index in [1.807, 2.05) is 20.8 Å². The van der Waals surface area contributed by atoms with Crippen LogP contribution in [0.5, 0.6) is 0 Å². The molecular weight excluding hydrogens is 314 g/mol. The molecule has 23 heavy (non-hydrogen) atoms. The Morgan fingerprint density at radius 3 is 2.83 bits per heavy atom. The number of nitrogens with one attached hydrogen (secondary N) is 2. The van der Waals surface area contributed by atoms with Crippen molar-refractivity contribution in [1.82, 2.24) is 15.2 Å². The van der Waals surface area contributed by atoms with E-state index in [1.54, 1.807) is 23.1 Å². The summed E-state index contributed by atoms with van der Waals surface area (Å²) >= 11 is 4.93. The van der Waals surface area contributed by atoms with Crippen LogP contribution in [-0.4, -0.2) is 39.8 Å². The van der Waals surface area contributed by atoms with Crippen LogP contribution in [0.15, 0.2) is 22.6 Å². The topological polar surface area (TPSA) is 78.3 Å². The molecule has 0 unspecified atom stereocenters. The number of nitrogens with zero attached hydrogens (tertiary/aromatic N) is 1. The van der Waals surface area contributed by atoms with E-state index >= 15 is 0 Å². The number of fused-ring (bicyclic) bond motifs is 1. The Balaban J connectivity index is 1.73. The number of likely N-dealkylation sites (tertiary alicyclic amines) is 1. The van der Waals surface area contributed by atoms with Crippen LogP contribution in [0, 0.1) is 4.84 Å².